The molecule has 0 spiro atoms. The van der Waals surface area contributed by atoms with Gasteiger partial charge >= 0.3 is 0 Å². The van der Waals surface area contributed by atoms with Crippen LogP contribution in [0.4, 0.5) is 5.13 Å². The van der Waals surface area contributed by atoms with Gasteiger partial charge in [0.15, 0.2) is 5.13 Å². The van der Waals surface area contributed by atoms with Crippen LogP contribution in [-0.4, -0.2) is 83.2 Å². The van der Waals surface area contributed by atoms with Crippen molar-refractivity contribution in [3.05, 3.63) is 46.5 Å². The third-order valence-corrected chi connectivity index (χ3v) is 6.57. The molecule has 2 aliphatic rings. The van der Waals surface area contributed by atoms with Crippen LogP contribution in [0.25, 0.3) is 0 Å². The van der Waals surface area contributed by atoms with Crippen molar-refractivity contribution in [1.29, 1.82) is 0 Å². The van der Waals surface area contributed by atoms with Gasteiger partial charge in [0.1, 0.15) is 5.69 Å². The van der Waals surface area contributed by atoms with Gasteiger partial charge in [-0.2, -0.15) is 0 Å². The molecule has 0 unspecified atom stereocenters. The normalized spacial score (nSPS) is 17.1. The SMILES string of the molecule is Cc1ccccc1C(=O)Nc1nc(C(=O)N2CCN(CC(=O)N3CCCC3)CC2)cs1. The van der Waals surface area contributed by atoms with Crippen LogP contribution in [0.1, 0.15) is 39.3 Å². The summed E-state index contributed by atoms with van der Waals surface area (Å²) in [6, 6.07) is 7.34. The molecule has 3 heterocycles. The van der Waals surface area contributed by atoms with E-state index in [1.165, 1.54) is 11.3 Å². The number of hydrogen-bond donors (Lipinski definition) is 1. The summed E-state index contributed by atoms with van der Waals surface area (Å²) in [5.41, 5.74) is 1.81. The number of benzene rings is 1. The van der Waals surface area contributed by atoms with Gasteiger partial charge in [-0.05, 0) is 31.4 Å². The van der Waals surface area contributed by atoms with Gasteiger partial charge in [0.2, 0.25) is 5.91 Å². The standard InChI is InChI=1S/C22H27N5O3S/c1-16-6-2-3-7-17(16)20(29)24-22-23-18(15-31-22)21(30)27-12-10-25(11-13-27)14-19(28)26-8-4-5-9-26/h2-3,6-7,15H,4-5,8-14H2,1H3,(H,23,24,29). The molecule has 4 rings (SSSR count). The van der Waals surface area contributed by atoms with Crippen molar-refractivity contribution in [2.45, 2.75) is 19.8 Å². The van der Waals surface area contributed by atoms with Gasteiger partial charge in [-0.25, -0.2) is 4.98 Å². The third-order valence-electron chi connectivity index (χ3n) is 5.81. The van der Waals surface area contributed by atoms with Crippen LogP contribution >= 0.6 is 11.3 Å². The highest BCUT2D eigenvalue weighted by atomic mass is 32.1. The first-order valence-electron chi connectivity index (χ1n) is 10.6. The summed E-state index contributed by atoms with van der Waals surface area (Å²) in [6.07, 6.45) is 2.18. The first-order chi connectivity index (χ1) is 15.0. The van der Waals surface area contributed by atoms with Gasteiger partial charge in [0.25, 0.3) is 11.8 Å². The molecular weight excluding hydrogens is 414 g/mol. The van der Waals surface area contributed by atoms with Crippen molar-refractivity contribution < 1.29 is 14.4 Å². The van der Waals surface area contributed by atoms with E-state index in [1.54, 1.807) is 16.3 Å². The molecule has 8 nitrogen and oxygen atoms in total. The smallest absolute Gasteiger partial charge is 0.273 e. The first kappa shape index (κ1) is 21.5. The van der Waals surface area contributed by atoms with E-state index in [9.17, 15) is 14.4 Å². The number of amides is 3. The van der Waals surface area contributed by atoms with E-state index in [0.29, 0.717) is 49.1 Å². The average molecular weight is 442 g/mol. The molecule has 0 atom stereocenters. The number of likely N-dealkylation sites (tertiary alicyclic amines) is 1. The van der Waals surface area contributed by atoms with Crippen molar-refractivity contribution in [3.8, 4) is 0 Å². The second kappa shape index (κ2) is 9.57. The van der Waals surface area contributed by atoms with Gasteiger partial charge in [-0.15, -0.1) is 11.3 Å². The lowest BCUT2D eigenvalue weighted by atomic mass is 10.1. The van der Waals surface area contributed by atoms with Crippen LogP contribution in [0.15, 0.2) is 29.6 Å². The second-order valence-corrected chi connectivity index (χ2v) is 8.82. The summed E-state index contributed by atoms with van der Waals surface area (Å²) in [5.74, 6) is -0.188. The zero-order chi connectivity index (χ0) is 21.8. The highest BCUT2D eigenvalue weighted by Crippen LogP contribution is 2.19. The number of rotatable bonds is 5. The van der Waals surface area contributed by atoms with Crippen LogP contribution in [0.3, 0.4) is 0 Å². The number of thiazole rings is 1. The minimum Gasteiger partial charge on any atom is -0.342 e. The topological polar surface area (TPSA) is 85.9 Å². The predicted molar refractivity (Wildman–Crippen MR) is 119 cm³/mol. The molecule has 3 amide bonds. The van der Waals surface area contributed by atoms with Gasteiger partial charge in [0.05, 0.1) is 6.54 Å². The predicted octanol–water partition coefficient (Wildman–Crippen LogP) is 2.08. The van der Waals surface area contributed by atoms with Crippen LogP contribution < -0.4 is 5.32 Å². The van der Waals surface area contributed by atoms with Crippen LogP contribution in [-0.2, 0) is 4.79 Å². The Bertz CT molecular complexity index is 962. The Morgan fingerprint density at radius 3 is 2.42 bits per heavy atom. The maximum absolute atomic E-state index is 12.8. The first-order valence-corrected chi connectivity index (χ1v) is 11.5. The molecule has 31 heavy (non-hydrogen) atoms. The van der Waals surface area contributed by atoms with Crippen LogP contribution in [0.5, 0.6) is 0 Å². The quantitative estimate of drug-likeness (QED) is 0.768. The van der Waals surface area contributed by atoms with Crippen molar-refractivity contribution in [2.24, 2.45) is 0 Å². The van der Waals surface area contributed by atoms with E-state index >= 15 is 0 Å². The lowest BCUT2D eigenvalue weighted by molar-refractivity contribution is -0.131. The Morgan fingerprint density at radius 1 is 1.00 bits per heavy atom. The Hall–Kier alpha value is -2.78. The highest BCUT2D eigenvalue weighted by molar-refractivity contribution is 7.14. The zero-order valence-corrected chi connectivity index (χ0v) is 18.5. The summed E-state index contributed by atoms with van der Waals surface area (Å²) >= 11 is 1.24. The van der Waals surface area contributed by atoms with E-state index in [0.717, 1.165) is 31.5 Å². The molecule has 2 aliphatic heterocycles. The van der Waals surface area contributed by atoms with Gasteiger partial charge in [0, 0.05) is 50.2 Å². The number of nitrogens with one attached hydrogen (secondary N) is 1. The fraction of sp³-hybridized carbons (Fsp3) is 0.455. The summed E-state index contributed by atoms with van der Waals surface area (Å²) in [7, 11) is 0. The molecule has 164 valence electrons. The number of aryl methyl sites for hydroxylation is 1. The molecule has 2 fully saturated rings. The average Bonchev–Trinajstić information content (AvgIpc) is 3.46. The Balaban J connectivity index is 1.28. The van der Waals surface area contributed by atoms with Crippen LogP contribution in [0.2, 0.25) is 0 Å². The number of piperazine rings is 1. The van der Waals surface area contributed by atoms with E-state index in [2.05, 4.69) is 15.2 Å². The van der Waals surface area contributed by atoms with Crippen molar-refractivity contribution in [1.82, 2.24) is 19.7 Å². The molecule has 0 radical (unpaired) electrons. The number of carbonyl (C=O) groups is 3. The van der Waals surface area contributed by atoms with Gasteiger partial charge < -0.3 is 9.80 Å². The Morgan fingerprint density at radius 2 is 1.71 bits per heavy atom. The molecular formula is C22H27N5O3S. The summed E-state index contributed by atoms with van der Waals surface area (Å²) in [5, 5.41) is 4.87. The van der Waals surface area contributed by atoms with E-state index in [-0.39, 0.29) is 17.7 Å². The Kier molecular flexibility index (Phi) is 6.62. The Labute approximate surface area is 185 Å². The number of aromatic nitrogens is 1. The fourth-order valence-electron chi connectivity index (χ4n) is 3.95. The van der Waals surface area contributed by atoms with Crippen molar-refractivity contribution >= 4 is 34.2 Å². The molecule has 1 N–H and O–H groups in total. The second-order valence-electron chi connectivity index (χ2n) is 7.96. The summed E-state index contributed by atoms with van der Waals surface area (Å²) < 4.78 is 0. The monoisotopic (exact) mass is 441 g/mol. The molecule has 2 saturated heterocycles. The molecule has 2 aromatic rings. The van der Waals surface area contributed by atoms with Crippen molar-refractivity contribution in [2.75, 3.05) is 51.1 Å². The van der Waals surface area contributed by atoms with E-state index < -0.39 is 0 Å². The molecule has 1 aromatic heterocycles. The summed E-state index contributed by atoms with van der Waals surface area (Å²) in [4.78, 5) is 47.7. The number of carbonyl (C=O) groups excluding carboxylic acids is 3. The maximum Gasteiger partial charge on any atom is 0.273 e. The van der Waals surface area contributed by atoms with Gasteiger partial charge in [-0.3, -0.25) is 24.6 Å². The third kappa shape index (κ3) is 5.11. The largest absolute Gasteiger partial charge is 0.342 e. The lowest BCUT2D eigenvalue weighted by Gasteiger charge is -2.34. The molecule has 0 saturated carbocycles. The molecule has 0 aliphatic carbocycles. The van der Waals surface area contributed by atoms with E-state index in [4.69, 9.17) is 0 Å². The lowest BCUT2D eigenvalue weighted by Crippen LogP contribution is -2.51. The zero-order valence-electron chi connectivity index (χ0n) is 17.7. The summed E-state index contributed by atoms with van der Waals surface area (Å²) in [6.45, 7) is 6.51. The van der Waals surface area contributed by atoms with Gasteiger partial charge in [-0.1, -0.05) is 18.2 Å². The highest BCUT2D eigenvalue weighted by Gasteiger charge is 2.27. The minimum absolute atomic E-state index is 0.141. The molecule has 1 aromatic carbocycles. The maximum atomic E-state index is 12.8. The van der Waals surface area contributed by atoms with E-state index in [1.807, 2.05) is 30.0 Å². The number of anilines is 1. The number of hydrogen-bond acceptors (Lipinski definition) is 6. The van der Waals surface area contributed by atoms with Crippen molar-refractivity contribution in [3.63, 3.8) is 0 Å². The number of nitrogens with zero attached hydrogens (tertiary/aromatic N) is 4. The fourth-order valence-corrected chi connectivity index (χ4v) is 4.63. The minimum atomic E-state index is -0.234. The molecule has 0 bridgehead atoms. The van der Waals surface area contributed by atoms with Crippen LogP contribution in [0, 0.1) is 6.92 Å². The molecule has 9 heteroatoms.